The molecule has 2 amide bonds. The first-order valence-corrected chi connectivity index (χ1v) is 11.5. The van der Waals surface area contributed by atoms with Crippen molar-refractivity contribution in [3.63, 3.8) is 0 Å². The second-order valence-electron chi connectivity index (χ2n) is 9.64. The highest BCUT2D eigenvalue weighted by molar-refractivity contribution is 5.86. The van der Waals surface area contributed by atoms with Crippen LogP contribution in [0, 0.1) is 17.2 Å². The van der Waals surface area contributed by atoms with Crippen molar-refractivity contribution < 1.29 is 19.1 Å². The highest BCUT2D eigenvalue weighted by Crippen LogP contribution is 2.19. The number of nitrogens with one attached hydrogen (secondary N) is 2. The summed E-state index contributed by atoms with van der Waals surface area (Å²) in [7, 11) is 0. The number of nitriles is 1. The molecule has 2 rings (SSSR count). The summed E-state index contributed by atoms with van der Waals surface area (Å²) >= 11 is 0. The van der Waals surface area contributed by atoms with Gasteiger partial charge in [-0.1, -0.05) is 56.3 Å². The average molecular weight is 466 g/mol. The van der Waals surface area contributed by atoms with Crippen LogP contribution in [0.5, 0.6) is 5.75 Å². The van der Waals surface area contributed by atoms with Gasteiger partial charge in [-0.25, -0.2) is 4.79 Å². The summed E-state index contributed by atoms with van der Waals surface area (Å²) in [6.45, 7) is 9.95. The number of alkyl carbamates (subject to hydrolysis) is 1. The lowest BCUT2D eigenvalue weighted by atomic mass is 10.0. The zero-order valence-corrected chi connectivity index (χ0v) is 20.6. The van der Waals surface area contributed by atoms with Crippen molar-refractivity contribution in [1.82, 2.24) is 10.6 Å². The number of hydrogen-bond donors (Lipinski definition) is 2. The Balaban J connectivity index is 1.95. The molecule has 0 bridgehead atoms. The van der Waals surface area contributed by atoms with E-state index in [1.54, 1.807) is 0 Å². The van der Waals surface area contributed by atoms with Crippen molar-refractivity contribution >= 4 is 12.0 Å². The number of carbonyl (C=O) groups excluding carboxylic acids is 2. The fourth-order valence-electron chi connectivity index (χ4n) is 3.29. The second kappa shape index (κ2) is 12.6. The summed E-state index contributed by atoms with van der Waals surface area (Å²) in [6.07, 6.45) is 0.0846. The van der Waals surface area contributed by atoms with Gasteiger partial charge in [-0.2, -0.15) is 5.26 Å². The number of hydrogen-bond acceptors (Lipinski definition) is 5. The SMILES string of the molecule is CC(C)C[C@H](NC(=O)OCc1ccccc1)C(=O)N[C@H](C#N)Cc1ccc(OC(C)(C)C)cc1. The van der Waals surface area contributed by atoms with Crippen LogP contribution in [-0.4, -0.2) is 29.7 Å². The first kappa shape index (κ1) is 26.7. The maximum Gasteiger partial charge on any atom is 0.408 e. The molecule has 2 aromatic carbocycles. The summed E-state index contributed by atoms with van der Waals surface area (Å²) in [5, 5.41) is 15.0. The van der Waals surface area contributed by atoms with E-state index in [1.807, 2.05) is 89.2 Å². The van der Waals surface area contributed by atoms with Gasteiger partial charge in [0.1, 0.15) is 30.0 Å². The minimum absolute atomic E-state index is 0.110. The molecular weight excluding hydrogens is 430 g/mol. The summed E-state index contributed by atoms with van der Waals surface area (Å²) in [4.78, 5) is 25.2. The van der Waals surface area contributed by atoms with Gasteiger partial charge in [-0.15, -0.1) is 0 Å². The predicted octanol–water partition coefficient (Wildman–Crippen LogP) is 4.76. The van der Waals surface area contributed by atoms with Gasteiger partial charge in [-0.05, 0) is 56.4 Å². The van der Waals surface area contributed by atoms with Crippen LogP contribution in [0.3, 0.4) is 0 Å². The van der Waals surface area contributed by atoms with Crippen molar-refractivity contribution in [3.05, 3.63) is 65.7 Å². The Labute approximate surface area is 202 Å². The van der Waals surface area contributed by atoms with E-state index in [-0.39, 0.29) is 18.1 Å². The zero-order chi connectivity index (χ0) is 25.1. The fraction of sp³-hybridized carbons (Fsp3) is 0.444. The molecule has 0 saturated carbocycles. The number of ether oxygens (including phenoxy) is 2. The highest BCUT2D eigenvalue weighted by atomic mass is 16.5. The molecule has 0 heterocycles. The Morgan fingerprint density at radius 3 is 2.18 bits per heavy atom. The van der Waals surface area contributed by atoms with Crippen molar-refractivity contribution in [3.8, 4) is 11.8 Å². The Morgan fingerprint density at radius 2 is 1.62 bits per heavy atom. The number of benzene rings is 2. The van der Waals surface area contributed by atoms with Gasteiger partial charge in [0.25, 0.3) is 0 Å². The van der Waals surface area contributed by atoms with E-state index in [4.69, 9.17) is 9.47 Å². The van der Waals surface area contributed by atoms with E-state index in [0.29, 0.717) is 12.8 Å². The number of rotatable bonds is 10. The predicted molar refractivity (Wildman–Crippen MR) is 131 cm³/mol. The third kappa shape index (κ3) is 9.95. The lowest BCUT2D eigenvalue weighted by Gasteiger charge is -2.22. The minimum atomic E-state index is -0.804. The molecule has 7 nitrogen and oxygen atoms in total. The monoisotopic (exact) mass is 465 g/mol. The van der Waals surface area contributed by atoms with Crippen LogP contribution >= 0.6 is 0 Å². The molecule has 0 spiro atoms. The zero-order valence-electron chi connectivity index (χ0n) is 20.6. The third-order valence-electron chi connectivity index (χ3n) is 4.79. The molecular formula is C27H35N3O4. The van der Waals surface area contributed by atoms with Gasteiger partial charge >= 0.3 is 6.09 Å². The number of carbonyl (C=O) groups is 2. The summed E-state index contributed by atoms with van der Waals surface area (Å²) in [5.41, 5.74) is 1.44. The van der Waals surface area contributed by atoms with E-state index in [1.165, 1.54) is 0 Å². The number of nitrogens with zero attached hydrogens (tertiary/aromatic N) is 1. The lowest BCUT2D eigenvalue weighted by molar-refractivity contribution is -0.123. The van der Waals surface area contributed by atoms with E-state index in [0.717, 1.165) is 16.9 Å². The Hall–Kier alpha value is -3.53. The Bertz CT molecular complexity index is 960. The topological polar surface area (TPSA) is 100 Å². The molecule has 0 aliphatic carbocycles. The van der Waals surface area contributed by atoms with Crippen LogP contribution in [-0.2, 0) is 22.6 Å². The van der Waals surface area contributed by atoms with Crippen molar-refractivity contribution in [2.45, 2.75) is 71.8 Å². The van der Waals surface area contributed by atoms with Gasteiger partial charge in [0.15, 0.2) is 0 Å². The molecule has 2 atom stereocenters. The van der Waals surface area contributed by atoms with E-state index >= 15 is 0 Å². The van der Waals surface area contributed by atoms with Crippen LogP contribution in [0.25, 0.3) is 0 Å². The van der Waals surface area contributed by atoms with Crippen LogP contribution in [0.4, 0.5) is 4.79 Å². The van der Waals surface area contributed by atoms with Gasteiger partial charge in [-0.3, -0.25) is 4.79 Å². The lowest BCUT2D eigenvalue weighted by Crippen LogP contribution is -2.50. The van der Waals surface area contributed by atoms with Gasteiger partial charge in [0.05, 0.1) is 6.07 Å². The van der Waals surface area contributed by atoms with E-state index < -0.39 is 24.1 Å². The molecule has 2 N–H and O–H groups in total. The Morgan fingerprint density at radius 1 is 0.971 bits per heavy atom. The molecule has 0 unspecified atom stereocenters. The maximum absolute atomic E-state index is 12.9. The third-order valence-corrected chi connectivity index (χ3v) is 4.79. The van der Waals surface area contributed by atoms with Crippen LogP contribution in [0.1, 0.15) is 52.2 Å². The molecule has 7 heteroatoms. The normalized spacial score (nSPS) is 12.9. The molecule has 0 aromatic heterocycles. The summed E-state index contributed by atoms with van der Waals surface area (Å²) in [6, 6.07) is 17.4. The van der Waals surface area contributed by atoms with Crippen molar-refractivity contribution in [2.75, 3.05) is 0 Å². The molecule has 0 radical (unpaired) electrons. The van der Waals surface area contributed by atoms with Gasteiger partial charge < -0.3 is 20.1 Å². The van der Waals surface area contributed by atoms with Crippen LogP contribution in [0.15, 0.2) is 54.6 Å². The molecule has 0 aliphatic heterocycles. The molecule has 0 fully saturated rings. The quantitative estimate of drug-likeness (QED) is 0.527. The maximum atomic E-state index is 12.9. The number of amides is 2. The molecule has 0 saturated heterocycles. The average Bonchev–Trinajstić information content (AvgIpc) is 2.77. The fourth-order valence-corrected chi connectivity index (χ4v) is 3.29. The summed E-state index contributed by atoms with van der Waals surface area (Å²) in [5.74, 6) is 0.481. The van der Waals surface area contributed by atoms with Crippen LogP contribution < -0.4 is 15.4 Å². The molecule has 2 aromatic rings. The minimum Gasteiger partial charge on any atom is -0.488 e. The highest BCUT2D eigenvalue weighted by Gasteiger charge is 2.25. The smallest absolute Gasteiger partial charge is 0.408 e. The molecule has 0 aliphatic rings. The first-order chi connectivity index (χ1) is 16.1. The molecule has 34 heavy (non-hydrogen) atoms. The van der Waals surface area contributed by atoms with Gasteiger partial charge in [0, 0.05) is 6.42 Å². The van der Waals surface area contributed by atoms with Crippen molar-refractivity contribution in [2.24, 2.45) is 5.92 Å². The molecule has 182 valence electrons. The second-order valence-corrected chi connectivity index (χ2v) is 9.64. The van der Waals surface area contributed by atoms with Gasteiger partial charge in [0.2, 0.25) is 5.91 Å². The van der Waals surface area contributed by atoms with E-state index in [2.05, 4.69) is 16.7 Å². The van der Waals surface area contributed by atoms with Crippen molar-refractivity contribution in [1.29, 1.82) is 5.26 Å². The van der Waals surface area contributed by atoms with Crippen LogP contribution in [0.2, 0.25) is 0 Å². The standard InChI is InChI=1S/C27H35N3O4/c1-19(2)15-24(30-26(32)33-18-21-9-7-6-8-10-21)25(31)29-22(17-28)16-20-11-13-23(14-12-20)34-27(3,4)5/h6-14,19,22,24H,15-16,18H2,1-5H3,(H,29,31)(H,30,32)/t22-,24-/m0/s1. The largest absolute Gasteiger partial charge is 0.488 e. The van der Waals surface area contributed by atoms with E-state index in [9.17, 15) is 14.9 Å². The Kier molecular flexibility index (Phi) is 9.93. The summed E-state index contributed by atoms with van der Waals surface area (Å²) < 4.78 is 11.1. The first-order valence-electron chi connectivity index (χ1n) is 11.5.